The number of non-ortho nitro benzene ring substituents is 1. The van der Waals surface area contributed by atoms with Gasteiger partial charge in [-0.2, -0.15) is 0 Å². The summed E-state index contributed by atoms with van der Waals surface area (Å²) in [6.45, 7) is 2.80. The fourth-order valence-corrected chi connectivity index (χ4v) is 2.19. The van der Waals surface area contributed by atoms with Crippen molar-refractivity contribution in [1.29, 1.82) is 0 Å². The first-order valence-electron chi connectivity index (χ1n) is 8.40. The van der Waals surface area contributed by atoms with Gasteiger partial charge < -0.3 is 18.9 Å². The average Bonchev–Trinajstić information content (AvgIpc) is 2.69. The molecule has 2 aromatic carbocycles. The van der Waals surface area contributed by atoms with Crippen LogP contribution in [0.2, 0.25) is 0 Å². The lowest BCUT2D eigenvalue weighted by Crippen LogP contribution is -2.13. The van der Waals surface area contributed by atoms with E-state index in [2.05, 4.69) is 0 Å². The van der Waals surface area contributed by atoms with E-state index in [1.165, 1.54) is 19.2 Å². The second-order valence-corrected chi connectivity index (χ2v) is 5.45. The molecule has 0 unspecified atom stereocenters. The Balaban J connectivity index is 1.85. The molecule has 0 atom stereocenters. The molecule has 8 nitrogen and oxygen atoms in total. The largest absolute Gasteiger partial charge is 0.496 e. The molecule has 0 aromatic heterocycles. The van der Waals surface area contributed by atoms with Crippen LogP contribution in [-0.2, 0) is 4.74 Å². The molecule has 8 heteroatoms. The van der Waals surface area contributed by atoms with Gasteiger partial charge in [0.2, 0.25) is 0 Å². The van der Waals surface area contributed by atoms with Gasteiger partial charge >= 0.3 is 5.97 Å². The van der Waals surface area contributed by atoms with Crippen LogP contribution >= 0.6 is 0 Å². The number of nitro benzene ring substituents is 1. The minimum absolute atomic E-state index is 0.0101. The molecule has 0 spiro atoms. The quantitative estimate of drug-likeness (QED) is 0.271. The SMILES string of the molecule is CCCOc1ccc(OCCOC(=O)c2cc([N+](=O)[O-])ccc2OC)cc1. The van der Waals surface area contributed by atoms with Gasteiger partial charge in [-0.1, -0.05) is 6.92 Å². The number of carbonyl (C=O) groups excluding carboxylic acids is 1. The first-order valence-corrected chi connectivity index (χ1v) is 8.40. The van der Waals surface area contributed by atoms with E-state index in [0.29, 0.717) is 12.4 Å². The molecular formula is C19H21NO7. The molecule has 0 fully saturated rings. The molecule has 0 bridgehead atoms. The highest BCUT2D eigenvalue weighted by Gasteiger charge is 2.18. The third-order valence-electron chi connectivity index (χ3n) is 3.50. The lowest BCUT2D eigenvalue weighted by molar-refractivity contribution is -0.384. The molecule has 0 aliphatic rings. The Hall–Kier alpha value is -3.29. The van der Waals surface area contributed by atoms with E-state index in [9.17, 15) is 14.9 Å². The summed E-state index contributed by atoms with van der Waals surface area (Å²) < 4.78 is 21.1. The summed E-state index contributed by atoms with van der Waals surface area (Å²) in [5, 5.41) is 10.9. The maximum atomic E-state index is 12.2. The number of nitro groups is 1. The van der Waals surface area contributed by atoms with Crippen molar-refractivity contribution >= 4 is 11.7 Å². The zero-order chi connectivity index (χ0) is 19.6. The van der Waals surface area contributed by atoms with Crippen LogP contribution in [-0.4, -0.2) is 37.8 Å². The van der Waals surface area contributed by atoms with Crippen molar-refractivity contribution in [2.75, 3.05) is 26.9 Å². The van der Waals surface area contributed by atoms with Crippen molar-refractivity contribution in [2.24, 2.45) is 0 Å². The lowest BCUT2D eigenvalue weighted by atomic mass is 10.2. The van der Waals surface area contributed by atoms with Crippen LogP contribution in [0.4, 0.5) is 5.69 Å². The minimum atomic E-state index is -0.720. The highest BCUT2D eigenvalue weighted by Crippen LogP contribution is 2.24. The van der Waals surface area contributed by atoms with Crippen LogP contribution in [0.25, 0.3) is 0 Å². The molecule has 144 valence electrons. The van der Waals surface area contributed by atoms with Crippen LogP contribution in [0.1, 0.15) is 23.7 Å². The normalized spacial score (nSPS) is 10.1. The van der Waals surface area contributed by atoms with E-state index in [1.54, 1.807) is 24.3 Å². The second kappa shape index (κ2) is 10.0. The van der Waals surface area contributed by atoms with Gasteiger partial charge in [-0.05, 0) is 36.8 Å². The van der Waals surface area contributed by atoms with Gasteiger partial charge in [0, 0.05) is 12.1 Å². The van der Waals surface area contributed by atoms with Crippen molar-refractivity contribution in [3.05, 3.63) is 58.1 Å². The van der Waals surface area contributed by atoms with Crippen molar-refractivity contribution in [1.82, 2.24) is 0 Å². The Labute approximate surface area is 156 Å². The zero-order valence-corrected chi connectivity index (χ0v) is 15.2. The Morgan fingerprint density at radius 1 is 1.00 bits per heavy atom. The summed E-state index contributed by atoms with van der Waals surface area (Å²) in [5.74, 6) is 0.855. The fourth-order valence-electron chi connectivity index (χ4n) is 2.19. The standard InChI is InChI=1S/C19H21NO7/c1-3-10-25-15-5-7-16(8-6-15)26-11-12-27-19(21)17-13-14(20(22)23)4-9-18(17)24-2/h4-9,13H,3,10-12H2,1-2H3. The average molecular weight is 375 g/mol. The summed E-state index contributed by atoms with van der Waals surface area (Å²) in [6, 6.07) is 10.8. The topological polar surface area (TPSA) is 97.1 Å². The number of carbonyl (C=O) groups is 1. The van der Waals surface area contributed by atoms with Crippen molar-refractivity contribution in [3.8, 4) is 17.2 Å². The monoisotopic (exact) mass is 375 g/mol. The summed E-state index contributed by atoms with van der Waals surface area (Å²) >= 11 is 0. The van der Waals surface area contributed by atoms with Crippen LogP contribution in [0.3, 0.4) is 0 Å². The summed E-state index contributed by atoms with van der Waals surface area (Å²) in [7, 11) is 1.37. The Morgan fingerprint density at radius 3 is 2.19 bits per heavy atom. The van der Waals surface area contributed by atoms with Crippen molar-refractivity contribution < 1.29 is 28.7 Å². The van der Waals surface area contributed by atoms with Crippen molar-refractivity contribution in [2.45, 2.75) is 13.3 Å². The maximum Gasteiger partial charge on any atom is 0.342 e. The third-order valence-corrected chi connectivity index (χ3v) is 3.50. The third kappa shape index (κ3) is 5.88. The van der Waals surface area contributed by atoms with E-state index in [1.807, 2.05) is 6.92 Å². The molecule has 27 heavy (non-hydrogen) atoms. The number of ether oxygens (including phenoxy) is 4. The van der Waals surface area contributed by atoms with Crippen LogP contribution in [0.5, 0.6) is 17.2 Å². The first kappa shape index (κ1) is 20.0. The molecular weight excluding hydrogens is 354 g/mol. The number of methoxy groups -OCH3 is 1. The number of hydrogen-bond acceptors (Lipinski definition) is 7. The molecule has 0 amide bonds. The number of benzene rings is 2. The number of rotatable bonds is 10. The molecule has 0 N–H and O–H groups in total. The highest BCUT2D eigenvalue weighted by molar-refractivity contribution is 5.93. The van der Waals surface area contributed by atoms with E-state index in [0.717, 1.165) is 18.2 Å². The van der Waals surface area contributed by atoms with Gasteiger partial charge in [-0.15, -0.1) is 0 Å². The lowest BCUT2D eigenvalue weighted by Gasteiger charge is -2.10. The van der Waals surface area contributed by atoms with E-state index in [4.69, 9.17) is 18.9 Å². The molecule has 0 saturated carbocycles. The van der Waals surface area contributed by atoms with Crippen LogP contribution in [0.15, 0.2) is 42.5 Å². The molecule has 0 heterocycles. The van der Waals surface area contributed by atoms with Crippen LogP contribution in [0, 0.1) is 10.1 Å². The number of esters is 1. The van der Waals surface area contributed by atoms with Gasteiger partial charge in [0.25, 0.3) is 5.69 Å². The van der Waals surface area contributed by atoms with E-state index in [-0.39, 0.29) is 30.2 Å². The van der Waals surface area contributed by atoms with Crippen LogP contribution < -0.4 is 14.2 Å². The van der Waals surface area contributed by atoms with Gasteiger partial charge in [0.1, 0.15) is 36.0 Å². The molecule has 0 aliphatic heterocycles. The van der Waals surface area contributed by atoms with Gasteiger partial charge in [0.15, 0.2) is 0 Å². The molecule has 0 aliphatic carbocycles. The Bertz CT molecular complexity index is 774. The minimum Gasteiger partial charge on any atom is -0.496 e. The van der Waals surface area contributed by atoms with Crippen molar-refractivity contribution in [3.63, 3.8) is 0 Å². The second-order valence-electron chi connectivity index (χ2n) is 5.45. The molecule has 2 rings (SSSR count). The molecule has 0 radical (unpaired) electrons. The molecule has 0 saturated heterocycles. The predicted molar refractivity (Wildman–Crippen MR) is 97.7 cm³/mol. The Morgan fingerprint density at radius 2 is 1.63 bits per heavy atom. The summed E-state index contributed by atoms with van der Waals surface area (Å²) in [5.41, 5.74) is -0.228. The van der Waals surface area contributed by atoms with Gasteiger partial charge in [-0.3, -0.25) is 10.1 Å². The number of nitrogens with zero attached hydrogens (tertiary/aromatic N) is 1. The fraction of sp³-hybridized carbons (Fsp3) is 0.316. The number of hydrogen-bond donors (Lipinski definition) is 0. The van der Waals surface area contributed by atoms with E-state index < -0.39 is 10.9 Å². The summed E-state index contributed by atoms with van der Waals surface area (Å²) in [6.07, 6.45) is 0.930. The predicted octanol–water partition coefficient (Wildman–Crippen LogP) is 3.63. The maximum absolute atomic E-state index is 12.2. The Kier molecular flexibility index (Phi) is 7.42. The zero-order valence-electron chi connectivity index (χ0n) is 15.2. The van der Waals surface area contributed by atoms with Gasteiger partial charge in [0.05, 0.1) is 18.6 Å². The smallest absolute Gasteiger partial charge is 0.342 e. The summed E-state index contributed by atoms with van der Waals surface area (Å²) in [4.78, 5) is 22.4. The van der Waals surface area contributed by atoms with Gasteiger partial charge in [-0.25, -0.2) is 4.79 Å². The highest BCUT2D eigenvalue weighted by atomic mass is 16.6. The van der Waals surface area contributed by atoms with E-state index >= 15 is 0 Å². The molecule has 2 aromatic rings. The first-order chi connectivity index (χ1) is 13.0.